The molecule has 1 atom stereocenters. The monoisotopic (exact) mass is 438 g/mol. The van der Waals surface area contributed by atoms with Crippen LogP contribution in [0, 0.1) is 11.3 Å². The van der Waals surface area contributed by atoms with E-state index in [1.54, 1.807) is 30.3 Å². The molecule has 0 bridgehead atoms. The van der Waals surface area contributed by atoms with Crippen molar-refractivity contribution in [3.05, 3.63) is 87.9 Å². The van der Waals surface area contributed by atoms with Crippen molar-refractivity contribution in [3.63, 3.8) is 0 Å². The van der Waals surface area contributed by atoms with Crippen molar-refractivity contribution in [2.75, 3.05) is 10.6 Å². The molecule has 0 unspecified atom stereocenters. The van der Waals surface area contributed by atoms with Crippen LogP contribution in [0.1, 0.15) is 30.5 Å². The summed E-state index contributed by atoms with van der Waals surface area (Å²) in [6.07, 6.45) is 0.763. The first kappa shape index (κ1) is 21.5. The highest BCUT2D eigenvalue weighted by Crippen LogP contribution is 2.31. The molecule has 0 aliphatic carbocycles. The van der Waals surface area contributed by atoms with E-state index in [4.69, 9.17) is 33.5 Å². The summed E-state index contributed by atoms with van der Waals surface area (Å²) in [6.45, 7) is 2.05. The number of guanidine groups is 1. The number of phenols is 1. The second-order valence-electron chi connectivity index (χ2n) is 6.51. The molecule has 0 saturated heterocycles. The van der Waals surface area contributed by atoms with Crippen LogP contribution in [-0.2, 0) is 0 Å². The predicted octanol–water partition coefficient (Wildman–Crippen LogP) is 6.60. The minimum atomic E-state index is -0.125. The highest BCUT2D eigenvalue weighted by molar-refractivity contribution is 6.44. The number of nitrogens with zero attached hydrogens (tertiary/aromatic N) is 2. The van der Waals surface area contributed by atoms with Crippen LogP contribution in [0.25, 0.3) is 0 Å². The SMILES string of the molecule is CC[C@H](N=C(Nc1ccc(C#N)cc1O)Nc1cccc(Cl)c1Cl)c1ccccc1. The number of rotatable bonds is 5. The normalized spacial score (nSPS) is 12.1. The van der Waals surface area contributed by atoms with Gasteiger partial charge in [-0.2, -0.15) is 5.26 Å². The Morgan fingerprint density at radius 2 is 1.77 bits per heavy atom. The lowest BCUT2D eigenvalue weighted by molar-refractivity contribution is 0.477. The lowest BCUT2D eigenvalue weighted by Gasteiger charge is -2.18. The minimum absolute atomic E-state index is 0.0616. The van der Waals surface area contributed by atoms with E-state index < -0.39 is 0 Å². The van der Waals surface area contributed by atoms with Gasteiger partial charge in [0.1, 0.15) is 5.75 Å². The second-order valence-corrected chi connectivity index (χ2v) is 7.29. The zero-order valence-corrected chi connectivity index (χ0v) is 17.7. The third kappa shape index (κ3) is 5.24. The van der Waals surface area contributed by atoms with Crippen LogP contribution in [0.2, 0.25) is 10.0 Å². The van der Waals surface area contributed by atoms with Crippen molar-refractivity contribution in [2.24, 2.45) is 4.99 Å². The summed E-state index contributed by atoms with van der Waals surface area (Å²) in [6, 6.07) is 21.7. The summed E-state index contributed by atoms with van der Waals surface area (Å²) in [5, 5.41) is 26.4. The van der Waals surface area contributed by atoms with Gasteiger partial charge in [0, 0.05) is 0 Å². The molecule has 3 N–H and O–H groups in total. The number of halogens is 2. The smallest absolute Gasteiger partial charge is 0.201 e. The van der Waals surface area contributed by atoms with Crippen LogP contribution >= 0.6 is 23.2 Å². The van der Waals surface area contributed by atoms with E-state index in [1.165, 1.54) is 6.07 Å². The first-order valence-corrected chi connectivity index (χ1v) is 10.1. The molecule has 5 nitrogen and oxygen atoms in total. The number of benzene rings is 3. The van der Waals surface area contributed by atoms with Crippen molar-refractivity contribution in [1.29, 1.82) is 5.26 Å². The molecule has 3 aromatic carbocycles. The van der Waals surface area contributed by atoms with Crippen LogP contribution in [0.4, 0.5) is 11.4 Å². The Morgan fingerprint density at radius 1 is 1.03 bits per heavy atom. The highest BCUT2D eigenvalue weighted by Gasteiger charge is 2.14. The minimum Gasteiger partial charge on any atom is -0.506 e. The van der Waals surface area contributed by atoms with E-state index >= 15 is 0 Å². The van der Waals surface area contributed by atoms with E-state index in [0.717, 1.165) is 12.0 Å². The summed E-state index contributed by atoms with van der Waals surface area (Å²) < 4.78 is 0. The number of aliphatic imine (C=N–C) groups is 1. The largest absolute Gasteiger partial charge is 0.506 e. The third-order valence-electron chi connectivity index (χ3n) is 4.44. The molecule has 30 heavy (non-hydrogen) atoms. The Morgan fingerprint density at radius 3 is 2.43 bits per heavy atom. The van der Waals surface area contributed by atoms with Crippen molar-refractivity contribution < 1.29 is 5.11 Å². The van der Waals surface area contributed by atoms with Crippen LogP contribution in [-0.4, -0.2) is 11.1 Å². The molecule has 0 radical (unpaired) electrons. The number of hydrogen-bond acceptors (Lipinski definition) is 3. The van der Waals surface area contributed by atoms with Gasteiger partial charge in [-0.3, -0.25) is 0 Å². The molecule has 0 aliphatic heterocycles. The quantitative estimate of drug-likeness (QED) is 0.238. The fraction of sp³-hybridized carbons (Fsp3) is 0.130. The van der Waals surface area contributed by atoms with E-state index in [1.807, 2.05) is 43.3 Å². The van der Waals surface area contributed by atoms with Crippen molar-refractivity contribution in [3.8, 4) is 11.8 Å². The van der Waals surface area contributed by atoms with Gasteiger partial charge in [0.05, 0.1) is 39.1 Å². The third-order valence-corrected chi connectivity index (χ3v) is 5.26. The Balaban J connectivity index is 1.99. The first-order valence-electron chi connectivity index (χ1n) is 9.35. The molecule has 0 saturated carbocycles. The second kappa shape index (κ2) is 10.0. The van der Waals surface area contributed by atoms with Crippen LogP contribution < -0.4 is 10.6 Å². The van der Waals surface area contributed by atoms with E-state index in [2.05, 4.69) is 10.6 Å². The van der Waals surface area contributed by atoms with Crippen LogP contribution in [0.15, 0.2) is 71.7 Å². The molecule has 0 aromatic heterocycles. The molecule has 0 fully saturated rings. The van der Waals surface area contributed by atoms with Gasteiger partial charge < -0.3 is 15.7 Å². The molecule has 3 rings (SSSR count). The molecule has 152 valence electrons. The summed E-state index contributed by atoms with van der Waals surface area (Å²) in [5.74, 6) is 0.323. The molecule has 0 aliphatic rings. The maximum absolute atomic E-state index is 10.3. The number of aromatic hydroxyl groups is 1. The molecule has 7 heteroatoms. The molecule has 3 aromatic rings. The summed E-state index contributed by atoms with van der Waals surface area (Å²) in [7, 11) is 0. The van der Waals surface area contributed by atoms with Crippen molar-refractivity contribution in [1.82, 2.24) is 0 Å². The fourth-order valence-corrected chi connectivity index (χ4v) is 3.24. The molecular weight excluding hydrogens is 419 g/mol. The van der Waals surface area contributed by atoms with Gasteiger partial charge in [-0.1, -0.05) is 66.5 Å². The van der Waals surface area contributed by atoms with Crippen LogP contribution in [0.3, 0.4) is 0 Å². The maximum atomic E-state index is 10.3. The maximum Gasteiger partial charge on any atom is 0.201 e. The van der Waals surface area contributed by atoms with Gasteiger partial charge in [-0.25, -0.2) is 4.99 Å². The first-order chi connectivity index (χ1) is 14.5. The Hall–Kier alpha value is -3.20. The Kier molecular flexibility index (Phi) is 7.18. The summed E-state index contributed by atoms with van der Waals surface area (Å²) in [5.41, 5.74) is 2.40. The van der Waals surface area contributed by atoms with Gasteiger partial charge in [-0.15, -0.1) is 0 Å². The fourth-order valence-electron chi connectivity index (χ4n) is 2.89. The summed E-state index contributed by atoms with van der Waals surface area (Å²) in [4.78, 5) is 4.83. The number of nitriles is 1. The lowest BCUT2D eigenvalue weighted by Crippen LogP contribution is -2.23. The van der Waals surface area contributed by atoms with Gasteiger partial charge >= 0.3 is 0 Å². The highest BCUT2D eigenvalue weighted by atomic mass is 35.5. The average molecular weight is 439 g/mol. The predicted molar refractivity (Wildman–Crippen MR) is 123 cm³/mol. The number of nitrogens with one attached hydrogen (secondary N) is 2. The average Bonchev–Trinajstić information content (AvgIpc) is 2.77. The van der Waals surface area contributed by atoms with Gasteiger partial charge in [0.2, 0.25) is 5.96 Å². The zero-order chi connectivity index (χ0) is 21.5. The van der Waals surface area contributed by atoms with Crippen molar-refractivity contribution >= 4 is 40.5 Å². The number of phenolic OH excluding ortho intramolecular Hbond substituents is 1. The van der Waals surface area contributed by atoms with Gasteiger partial charge in [-0.05, 0) is 42.3 Å². The molecule has 0 spiro atoms. The Labute approximate surface area is 185 Å². The number of anilines is 2. The topological polar surface area (TPSA) is 80.4 Å². The zero-order valence-electron chi connectivity index (χ0n) is 16.2. The Bertz CT molecular complexity index is 1090. The molecule has 0 heterocycles. The van der Waals surface area contributed by atoms with Gasteiger partial charge in [0.25, 0.3) is 0 Å². The van der Waals surface area contributed by atoms with E-state index in [9.17, 15) is 5.11 Å². The van der Waals surface area contributed by atoms with Crippen molar-refractivity contribution in [2.45, 2.75) is 19.4 Å². The van der Waals surface area contributed by atoms with Gasteiger partial charge in [0.15, 0.2) is 0 Å². The van der Waals surface area contributed by atoms with E-state index in [-0.39, 0.29) is 11.8 Å². The molecular formula is C23H20Cl2N4O. The summed E-state index contributed by atoms with van der Waals surface area (Å²) >= 11 is 12.5. The number of hydrogen-bond donors (Lipinski definition) is 3. The molecule has 0 amide bonds. The lowest BCUT2D eigenvalue weighted by atomic mass is 10.1. The van der Waals surface area contributed by atoms with E-state index in [0.29, 0.717) is 32.9 Å². The van der Waals surface area contributed by atoms with Crippen LogP contribution in [0.5, 0.6) is 5.75 Å². The standard InChI is InChI=1S/C23H20Cl2N4O/c1-2-18(16-7-4-3-5-8-16)27-23(29-20-10-6-9-17(24)22(20)25)28-19-12-11-15(14-26)13-21(19)30/h3-13,18,30H,2H2,1H3,(H2,27,28,29)/t18-/m0/s1.